The smallest absolute Gasteiger partial charge is 0.407 e. The summed E-state index contributed by atoms with van der Waals surface area (Å²) in [5, 5.41) is 6.23. The maximum atomic E-state index is 11.8. The summed E-state index contributed by atoms with van der Waals surface area (Å²) in [4.78, 5) is 11.8. The maximum absolute atomic E-state index is 11.8. The van der Waals surface area contributed by atoms with E-state index in [-0.39, 0.29) is 12.2 Å². The van der Waals surface area contributed by atoms with Crippen molar-refractivity contribution in [2.75, 3.05) is 19.6 Å². The van der Waals surface area contributed by atoms with E-state index in [4.69, 9.17) is 4.74 Å². The number of nitrogens with one attached hydrogen (secondary N) is 2. The SMILES string of the molecule is O=C(NCC1CCNCC1)OC1CC1c1ccccc1. The summed E-state index contributed by atoms with van der Waals surface area (Å²) in [5.74, 6) is 0.980. The Morgan fingerprint density at radius 3 is 2.75 bits per heavy atom. The number of hydrogen-bond acceptors (Lipinski definition) is 3. The molecule has 1 aliphatic carbocycles. The molecule has 0 radical (unpaired) electrons. The first-order valence-electron chi connectivity index (χ1n) is 7.53. The molecule has 1 aromatic carbocycles. The van der Waals surface area contributed by atoms with Crippen molar-refractivity contribution >= 4 is 6.09 Å². The fraction of sp³-hybridized carbons (Fsp3) is 0.562. The van der Waals surface area contributed by atoms with Crippen molar-refractivity contribution in [3.05, 3.63) is 35.9 Å². The summed E-state index contributed by atoms with van der Waals surface area (Å²) in [6, 6.07) is 10.3. The Bertz CT molecular complexity index is 443. The molecular weight excluding hydrogens is 252 g/mol. The molecule has 0 aromatic heterocycles. The molecule has 108 valence electrons. The summed E-state index contributed by atoms with van der Waals surface area (Å²) in [6.07, 6.45) is 3.02. The van der Waals surface area contributed by atoms with E-state index in [0.29, 0.717) is 11.8 Å². The zero-order valence-corrected chi connectivity index (χ0v) is 11.7. The minimum atomic E-state index is -0.257. The number of hydrogen-bond donors (Lipinski definition) is 2. The average Bonchev–Trinajstić information content (AvgIpc) is 3.26. The van der Waals surface area contributed by atoms with Gasteiger partial charge in [-0.05, 0) is 43.8 Å². The largest absolute Gasteiger partial charge is 0.446 e. The molecule has 2 N–H and O–H groups in total. The molecule has 1 saturated carbocycles. The topological polar surface area (TPSA) is 50.4 Å². The van der Waals surface area contributed by atoms with Crippen LogP contribution in [0.25, 0.3) is 0 Å². The van der Waals surface area contributed by atoms with Gasteiger partial charge >= 0.3 is 6.09 Å². The molecule has 1 aliphatic heterocycles. The fourth-order valence-electron chi connectivity index (χ4n) is 2.85. The number of alkyl carbamates (subject to hydrolysis) is 1. The summed E-state index contributed by atoms with van der Waals surface area (Å²) in [5.41, 5.74) is 1.27. The molecule has 0 bridgehead atoms. The third-order valence-corrected chi connectivity index (χ3v) is 4.21. The summed E-state index contributed by atoms with van der Waals surface area (Å²) < 4.78 is 5.45. The van der Waals surface area contributed by atoms with Crippen molar-refractivity contribution < 1.29 is 9.53 Å². The van der Waals surface area contributed by atoms with Gasteiger partial charge in [-0.3, -0.25) is 0 Å². The molecule has 2 unspecified atom stereocenters. The Morgan fingerprint density at radius 1 is 1.25 bits per heavy atom. The van der Waals surface area contributed by atoms with Gasteiger partial charge in [0.1, 0.15) is 6.10 Å². The second-order valence-electron chi connectivity index (χ2n) is 5.77. The fourth-order valence-corrected chi connectivity index (χ4v) is 2.85. The van der Waals surface area contributed by atoms with Crippen LogP contribution < -0.4 is 10.6 Å². The quantitative estimate of drug-likeness (QED) is 0.885. The second-order valence-corrected chi connectivity index (χ2v) is 5.77. The Morgan fingerprint density at radius 2 is 2.00 bits per heavy atom. The monoisotopic (exact) mass is 274 g/mol. The van der Waals surface area contributed by atoms with E-state index in [1.165, 1.54) is 5.56 Å². The van der Waals surface area contributed by atoms with Crippen molar-refractivity contribution in [1.82, 2.24) is 10.6 Å². The highest BCUT2D eigenvalue weighted by atomic mass is 16.6. The highest BCUT2D eigenvalue weighted by molar-refractivity contribution is 5.67. The van der Waals surface area contributed by atoms with E-state index >= 15 is 0 Å². The molecule has 1 heterocycles. The van der Waals surface area contributed by atoms with Gasteiger partial charge in [0.25, 0.3) is 0 Å². The first kappa shape index (κ1) is 13.4. The van der Waals surface area contributed by atoms with Crippen molar-refractivity contribution in [1.29, 1.82) is 0 Å². The van der Waals surface area contributed by atoms with Crippen LogP contribution in [-0.2, 0) is 4.74 Å². The molecule has 2 fully saturated rings. The molecule has 4 nitrogen and oxygen atoms in total. The minimum absolute atomic E-state index is 0.0606. The van der Waals surface area contributed by atoms with Gasteiger partial charge in [0.2, 0.25) is 0 Å². The van der Waals surface area contributed by atoms with Crippen LogP contribution in [-0.4, -0.2) is 31.8 Å². The number of amides is 1. The number of carbonyl (C=O) groups is 1. The lowest BCUT2D eigenvalue weighted by atomic mass is 9.98. The Kier molecular flexibility index (Phi) is 4.21. The van der Waals surface area contributed by atoms with E-state index in [2.05, 4.69) is 22.8 Å². The number of ether oxygens (including phenoxy) is 1. The van der Waals surface area contributed by atoms with Gasteiger partial charge in [0.05, 0.1) is 0 Å². The van der Waals surface area contributed by atoms with E-state index in [9.17, 15) is 4.79 Å². The van der Waals surface area contributed by atoms with Crippen LogP contribution in [0.3, 0.4) is 0 Å². The van der Waals surface area contributed by atoms with Crippen LogP contribution in [0.5, 0.6) is 0 Å². The van der Waals surface area contributed by atoms with Gasteiger partial charge in [-0.1, -0.05) is 30.3 Å². The highest BCUT2D eigenvalue weighted by Crippen LogP contribution is 2.43. The van der Waals surface area contributed by atoms with Crippen LogP contribution in [0.2, 0.25) is 0 Å². The van der Waals surface area contributed by atoms with E-state index in [1.54, 1.807) is 0 Å². The van der Waals surface area contributed by atoms with Crippen LogP contribution in [0.15, 0.2) is 30.3 Å². The molecule has 2 atom stereocenters. The molecule has 20 heavy (non-hydrogen) atoms. The predicted octanol–water partition coefficient (Wildman–Crippen LogP) is 2.27. The van der Waals surface area contributed by atoms with E-state index < -0.39 is 0 Å². The van der Waals surface area contributed by atoms with Gasteiger partial charge in [-0.15, -0.1) is 0 Å². The van der Waals surface area contributed by atoms with Gasteiger partial charge in [-0.25, -0.2) is 4.79 Å². The van der Waals surface area contributed by atoms with E-state index in [1.807, 2.05) is 18.2 Å². The molecule has 4 heteroatoms. The van der Waals surface area contributed by atoms with E-state index in [0.717, 1.165) is 38.9 Å². The van der Waals surface area contributed by atoms with Crippen LogP contribution in [0.1, 0.15) is 30.7 Å². The van der Waals surface area contributed by atoms with Crippen LogP contribution in [0.4, 0.5) is 4.79 Å². The van der Waals surface area contributed by atoms with Crippen molar-refractivity contribution in [3.8, 4) is 0 Å². The third kappa shape index (κ3) is 3.51. The van der Waals surface area contributed by atoms with Gasteiger partial charge in [0, 0.05) is 12.5 Å². The van der Waals surface area contributed by atoms with Crippen LogP contribution >= 0.6 is 0 Å². The lowest BCUT2D eigenvalue weighted by molar-refractivity contribution is 0.134. The van der Waals surface area contributed by atoms with Crippen molar-refractivity contribution in [2.24, 2.45) is 5.92 Å². The molecule has 1 saturated heterocycles. The van der Waals surface area contributed by atoms with Gasteiger partial charge < -0.3 is 15.4 Å². The average molecular weight is 274 g/mol. The lowest BCUT2D eigenvalue weighted by Crippen LogP contribution is -2.36. The predicted molar refractivity (Wildman–Crippen MR) is 77.7 cm³/mol. The number of carbonyl (C=O) groups excluding carboxylic acids is 1. The lowest BCUT2D eigenvalue weighted by Gasteiger charge is -2.22. The van der Waals surface area contributed by atoms with Crippen molar-refractivity contribution in [2.45, 2.75) is 31.3 Å². The van der Waals surface area contributed by atoms with Gasteiger partial charge in [0.15, 0.2) is 0 Å². The zero-order chi connectivity index (χ0) is 13.8. The first-order valence-corrected chi connectivity index (χ1v) is 7.53. The number of piperidine rings is 1. The molecule has 1 amide bonds. The molecule has 2 aliphatic rings. The van der Waals surface area contributed by atoms with Crippen molar-refractivity contribution in [3.63, 3.8) is 0 Å². The van der Waals surface area contributed by atoms with Crippen LogP contribution in [0, 0.1) is 5.92 Å². The highest BCUT2D eigenvalue weighted by Gasteiger charge is 2.41. The summed E-state index contributed by atoms with van der Waals surface area (Å²) >= 11 is 0. The Balaban J connectivity index is 1.38. The number of rotatable bonds is 4. The minimum Gasteiger partial charge on any atom is -0.446 e. The Hall–Kier alpha value is -1.55. The summed E-state index contributed by atoms with van der Waals surface area (Å²) in [7, 11) is 0. The standard InChI is InChI=1S/C16H22N2O2/c19-16(18-11-12-6-8-17-9-7-12)20-15-10-14(15)13-4-2-1-3-5-13/h1-5,12,14-15,17H,6-11H2,(H,18,19). The Labute approximate surface area is 119 Å². The second kappa shape index (κ2) is 6.27. The maximum Gasteiger partial charge on any atom is 0.407 e. The molecule has 3 rings (SSSR count). The molecule has 1 aromatic rings. The summed E-state index contributed by atoms with van der Waals surface area (Å²) in [6.45, 7) is 2.85. The van der Waals surface area contributed by atoms with Gasteiger partial charge in [-0.2, -0.15) is 0 Å². The normalized spacial score (nSPS) is 26.0. The molecular formula is C16H22N2O2. The third-order valence-electron chi connectivity index (χ3n) is 4.21. The zero-order valence-electron chi connectivity index (χ0n) is 11.7. The molecule has 0 spiro atoms. The first-order chi connectivity index (χ1) is 9.83. The number of benzene rings is 1.